The molecule has 90 valence electrons. The highest BCUT2D eigenvalue weighted by Crippen LogP contribution is 1.92. The fourth-order valence-electron chi connectivity index (χ4n) is 0.779. The van der Waals surface area contributed by atoms with Crippen LogP contribution in [0.2, 0.25) is 0 Å². The molecule has 5 nitrogen and oxygen atoms in total. The second kappa shape index (κ2) is 9.89. The van der Waals surface area contributed by atoms with Gasteiger partial charge in [0.1, 0.15) is 6.61 Å². The van der Waals surface area contributed by atoms with Crippen molar-refractivity contribution in [2.75, 3.05) is 26.4 Å². The molecule has 1 unspecified atom stereocenters. The largest absolute Gasteiger partial charge is 0.463 e. The van der Waals surface area contributed by atoms with E-state index in [1.165, 1.54) is 0 Å². The summed E-state index contributed by atoms with van der Waals surface area (Å²) in [7, 11) is 0. The van der Waals surface area contributed by atoms with Gasteiger partial charge in [-0.05, 0) is 6.42 Å². The summed E-state index contributed by atoms with van der Waals surface area (Å²) in [6.45, 7) is 4.93. The van der Waals surface area contributed by atoms with Crippen molar-refractivity contribution in [1.29, 1.82) is 0 Å². The zero-order valence-corrected chi connectivity index (χ0v) is 9.40. The van der Waals surface area contributed by atoms with Gasteiger partial charge in [0, 0.05) is 6.42 Å². The predicted molar refractivity (Wildman–Crippen MR) is 54.3 cm³/mol. The number of ether oxygens (including phenoxy) is 3. The molecule has 5 heteroatoms. The third-order valence-electron chi connectivity index (χ3n) is 1.67. The summed E-state index contributed by atoms with van der Waals surface area (Å²) in [6, 6.07) is 0. The lowest BCUT2D eigenvalue weighted by Gasteiger charge is -2.09. The van der Waals surface area contributed by atoms with Crippen molar-refractivity contribution in [3.63, 3.8) is 0 Å². The quantitative estimate of drug-likeness (QED) is 0.352. The van der Waals surface area contributed by atoms with Crippen molar-refractivity contribution < 1.29 is 24.1 Å². The fraction of sp³-hybridized carbons (Fsp3) is 0.900. The molecular weight excluding hydrogens is 200 g/mol. The van der Waals surface area contributed by atoms with Gasteiger partial charge in [0.2, 0.25) is 0 Å². The Labute approximate surface area is 90.3 Å². The molecule has 0 aromatic rings. The van der Waals surface area contributed by atoms with Crippen LogP contribution in [0.25, 0.3) is 0 Å². The molecule has 0 saturated heterocycles. The van der Waals surface area contributed by atoms with Gasteiger partial charge >= 0.3 is 5.97 Å². The highest BCUT2D eigenvalue weighted by molar-refractivity contribution is 5.68. The summed E-state index contributed by atoms with van der Waals surface area (Å²) < 4.78 is 14.9. The van der Waals surface area contributed by atoms with Gasteiger partial charge in [0.15, 0.2) is 6.29 Å². The Balaban J connectivity index is 3.08. The smallest absolute Gasteiger partial charge is 0.305 e. The molecule has 0 aromatic carbocycles. The molecule has 0 aliphatic rings. The second-order valence-electron chi connectivity index (χ2n) is 2.92. The summed E-state index contributed by atoms with van der Waals surface area (Å²) in [5.41, 5.74) is 0. The summed E-state index contributed by atoms with van der Waals surface area (Å²) in [4.78, 5) is 10.7. The number of esters is 1. The molecule has 0 radical (unpaired) electrons. The Bertz CT molecular complexity index is 160. The molecule has 0 amide bonds. The molecule has 1 atom stereocenters. The topological polar surface area (TPSA) is 65.0 Å². The van der Waals surface area contributed by atoms with E-state index in [2.05, 4.69) is 0 Å². The molecule has 0 heterocycles. The molecule has 0 fully saturated rings. The molecule has 0 aliphatic heterocycles. The predicted octanol–water partition coefficient (Wildman–Crippen LogP) is 0.701. The first-order valence-corrected chi connectivity index (χ1v) is 5.23. The minimum absolute atomic E-state index is 0.226. The summed E-state index contributed by atoms with van der Waals surface area (Å²) in [5, 5.41) is 9.02. The number of carbonyl (C=O) groups excluding carboxylic acids is 1. The van der Waals surface area contributed by atoms with Gasteiger partial charge < -0.3 is 19.3 Å². The standard InChI is InChI=1S/C10H20O5/c1-3-9(11)14-7-5-13-6-8-15-10(12)4-2/h9,11H,3-8H2,1-2H3. The van der Waals surface area contributed by atoms with Crippen LogP contribution in [0.5, 0.6) is 0 Å². The van der Waals surface area contributed by atoms with E-state index in [0.29, 0.717) is 32.7 Å². The van der Waals surface area contributed by atoms with Gasteiger partial charge in [0.05, 0.1) is 19.8 Å². The van der Waals surface area contributed by atoms with E-state index in [1.54, 1.807) is 6.92 Å². The van der Waals surface area contributed by atoms with E-state index in [-0.39, 0.29) is 12.6 Å². The Morgan fingerprint density at radius 1 is 1.20 bits per heavy atom. The Hall–Kier alpha value is -0.650. The Kier molecular flexibility index (Phi) is 9.46. The zero-order chi connectivity index (χ0) is 11.5. The summed E-state index contributed by atoms with van der Waals surface area (Å²) in [5.74, 6) is -0.226. The van der Waals surface area contributed by atoms with E-state index < -0.39 is 6.29 Å². The number of rotatable bonds is 9. The fourth-order valence-corrected chi connectivity index (χ4v) is 0.779. The normalized spacial score (nSPS) is 12.5. The van der Waals surface area contributed by atoms with Crippen LogP contribution in [0.4, 0.5) is 0 Å². The number of carbonyl (C=O) groups is 1. The van der Waals surface area contributed by atoms with Crippen LogP contribution < -0.4 is 0 Å². The molecule has 0 saturated carbocycles. The average molecular weight is 220 g/mol. The first kappa shape index (κ1) is 14.3. The number of aliphatic hydroxyl groups excluding tert-OH is 1. The summed E-state index contributed by atoms with van der Waals surface area (Å²) >= 11 is 0. The Morgan fingerprint density at radius 2 is 1.87 bits per heavy atom. The van der Waals surface area contributed by atoms with Crippen molar-refractivity contribution in [3.05, 3.63) is 0 Å². The third-order valence-corrected chi connectivity index (χ3v) is 1.67. The molecule has 0 aromatic heterocycles. The molecule has 15 heavy (non-hydrogen) atoms. The maximum Gasteiger partial charge on any atom is 0.305 e. The number of hydrogen-bond acceptors (Lipinski definition) is 5. The maximum absolute atomic E-state index is 10.7. The molecular formula is C10H20O5. The van der Waals surface area contributed by atoms with E-state index in [0.717, 1.165) is 0 Å². The van der Waals surface area contributed by atoms with Gasteiger partial charge in [-0.15, -0.1) is 0 Å². The first-order chi connectivity index (χ1) is 7.20. The van der Waals surface area contributed by atoms with E-state index >= 15 is 0 Å². The minimum Gasteiger partial charge on any atom is -0.463 e. The lowest BCUT2D eigenvalue weighted by atomic mass is 10.5. The van der Waals surface area contributed by atoms with Crippen molar-refractivity contribution in [2.24, 2.45) is 0 Å². The van der Waals surface area contributed by atoms with Gasteiger partial charge in [-0.2, -0.15) is 0 Å². The lowest BCUT2D eigenvalue weighted by Crippen LogP contribution is -2.16. The number of aliphatic hydroxyl groups is 1. The molecule has 0 spiro atoms. The highest BCUT2D eigenvalue weighted by atomic mass is 16.6. The summed E-state index contributed by atoms with van der Waals surface area (Å²) in [6.07, 6.45) is 0.228. The van der Waals surface area contributed by atoms with E-state index in [1.807, 2.05) is 6.92 Å². The number of hydrogen-bond donors (Lipinski definition) is 1. The maximum atomic E-state index is 10.7. The van der Waals surface area contributed by atoms with Crippen LogP contribution in [0, 0.1) is 0 Å². The van der Waals surface area contributed by atoms with Gasteiger partial charge in [-0.25, -0.2) is 0 Å². The van der Waals surface area contributed by atoms with Crippen molar-refractivity contribution >= 4 is 5.97 Å². The van der Waals surface area contributed by atoms with Crippen LogP contribution in [-0.2, 0) is 19.0 Å². The SMILES string of the molecule is CCC(=O)OCCOCCOC(O)CC. The van der Waals surface area contributed by atoms with E-state index in [9.17, 15) is 4.79 Å². The van der Waals surface area contributed by atoms with Crippen LogP contribution in [0.15, 0.2) is 0 Å². The van der Waals surface area contributed by atoms with Gasteiger partial charge in [0.25, 0.3) is 0 Å². The molecule has 1 N–H and O–H groups in total. The Morgan fingerprint density at radius 3 is 2.47 bits per heavy atom. The van der Waals surface area contributed by atoms with Crippen LogP contribution in [-0.4, -0.2) is 43.8 Å². The first-order valence-electron chi connectivity index (χ1n) is 5.23. The average Bonchev–Trinajstić information content (AvgIpc) is 2.26. The highest BCUT2D eigenvalue weighted by Gasteiger charge is 2.00. The van der Waals surface area contributed by atoms with Crippen molar-refractivity contribution in [2.45, 2.75) is 33.0 Å². The molecule has 0 aliphatic carbocycles. The van der Waals surface area contributed by atoms with Gasteiger partial charge in [-0.3, -0.25) is 4.79 Å². The van der Waals surface area contributed by atoms with Crippen molar-refractivity contribution in [1.82, 2.24) is 0 Å². The van der Waals surface area contributed by atoms with Crippen LogP contribution in [0.3, 0.4) is 0 Å². The third kappa shape index (κ3) is 9.65. The lowest BCUT2D eigenvalue weighted by molar-refractivity contribution is -0.145. The molecule has 0 rings (SSSR count). The monoisotopic (exact) mass is 220 g/mol. The zero-order valence-electron chi connectivity index (χ0n) is 9.40. The second-order valence-corrected chi connectivity index (χ2v) is 2.92. The van der Waals surface area contributed by atoms with Crippen molar-refractivity contribution in [3.8, 4) is 0 Å². The van der Waals surface area contributed by atoms with E-state index in [4.69, 9.17) is 19.3 Å². The van der Waals surface area contributed by atoms with Crippen LogP contribution in [0.1, 0.15) is 26.7 Å². The molecule has 0 bridgehead atoms. The van der Waals surface area contributed by atoms with Crippen LogP contribution >= 0.6 is 0 Å². The van der Waals surface area contributed by atoms with Gasteiger partial charge in [-0.1, -0.05) is 13.8 Å². The minimum atomic E-state index is -0.716.